The molecule has 0 saturated heterocycles. The predicted molar refractivity (Wildman–Crippen MR) is 78.7 cm³/mol. The fourth-order valence-electron chi connectivity index (χ4n) is 3.88. The first-order chi connectivity index (χ1) is 10.6. The van der Waals surface area contributed by atoms with Gasteiger partial charge in [0.2, 0.25) is 5.91 Å². The summed E-state index contributed by atoms with van der Waals surface area (Å²) in [5.74, 6) is 1.92. The first kappa shape index (κ1) is 15.4. The molecule has 2 fully saturated rings. The number of amides is 1. The first-order valence-corrected chi connectivity index (χ1v) is 8.03. The number of nitrogens with two attached hydrogens (primary N) is 1. The third kappa shape index (κ3) is 3.64. The number of aromatic nitrogens is 2. The van der Waals surface area contributed by atoms with Crippen molar-refractivity contribution in [2.45, 2.75) is 57.7 Å². The minimum Gasteiger partial charge on any atom is -0.362 e. The van der Waals surface area contributed by atoms with Crippen molar-refractivity contribution in [1.82, 2.24) is 15.5 Å². The summed E-state index contributed by atoms with van der Waals surface area (Å²) in [5, 5.41) is 6.82. The van der Waals surface area contributed by atoms with Gasteiger partial charge in [0.15, 0.2) is 5.82 Å². The molecule has 2 aliphatic rings. The molecule has 2 saturated carbocycles. The Balaban J connectivity index is 1.45. The lowest BCUT2D eigenvalue weighted by Crippen LogP contribution is -2.54. The molecule has 0 aromatic carbocycles. The van der Waals surface area contributed by atoms with Crippen molar-refractivity contribution in [3.63, 3.8) is 0 Å². The molecule has 0 radical (unpaired) electrons. The van der Waals surface area contributed by atoms with Gasteiger partial charge >= 0.3 is 0 Å². The number of rotatable bonds is 5. The third-order valence-corrected chi connectivity index (χ3v) is 4.73. The lowest BCUT2D eigenvalue weighted by Gasteiger charge is -2.45. The van der Waals surface area contributed by atoms with Crippen LogP contribution in [0.5, 0.6) is 0 Å². The van der Waals surface area contributed by atoms with E-state index in [4.69, 9.17) is 15.0 Å². The number of fused-ring (bicyclic) bond motifs is 2. The average molecular weight is 308 g/mol. The molecule has 7 nitrogen and oxygen atoms in total. The first-order valence-electron chi connectivity index (χ1n) is 8.03. The number of carbonyl (C=O) groups is 1. The van der Waals surface area contributed by atoms with E-state index in [0.29, 0.717) is 29.6 Å². The Morgan fingerprint density at radius 2 is 2.14 bits per heavy atom. The maximum Gasteiger partial charge on any atom is 0.252 e. The molecule has 122 valence electrons. The molecule has 22 heavy (non-hydrogen) atoms. The van der Waals surface area contributed by atoms with Gasteiger partial charge in [0.25, 0.3) is 5.89 Å². The molecular weight excluding hydrogens is 284 g/mol. The fourth-order valence-corrected chi connectivity index (χ4v) is 3.88. The van der Waals surface area contributed by atoms with E-state index in [0.717, 1.165) is 25.7 Å². The molecule has 2 bridgehead atoms. The van der Waals surface area contributed by atoms with Gasteiger partial charge in [0.1, 0.15) is 13.2 Å². The van der Waals surface area contributed by atoms with E-state index < -0.39 is 0 Å². The molecule has 1 aromatic heterocycles. The van der Waals surface area contributed by atoms with Crippen LogP contribution in [0.4, 0.5) is 0 Å². The summed E-state index contributed by atoms with van der Waals surface area (Å²) >= 11 is 0. The smallest absolute Gasteiger partial charge is 0.252 e. The number of aryl methyl sites for hydroxylation is 1. The maximum absolute atomic E-state index is 12.1. The zero-order valence-corrected chi connectivity index (χ0v) is 13.0. The van der Waals surface area contributed by atoms with Crippen LogP contribution in [0.2, 0.25) is 0 Å². The predicted octanol–water partition coefficient (Wildman–Crippen LogP) is 0.917. The zero-order chi connectivity index (χ0) is 15.5. The summed E-state index contributed by atoms with van der Waals surface area (Å²) < 4.78 is 10.3. The summed E-state index contributed by atoms with van der Waals surface area (Å²) in [6, 6.07) is 0.552. The quantitative estimate of drug-likeness (QED) is 0.838. The van der Waals surface area contributed by atoms with Crippen LogP contribution in [-0.4, -0.2) is 34.7 Å². The molecule has 0 aliphatic heterocycles. The van der Waals surface area contributed by atoms with Gasteiger partial charge in [-0.2, -0.15) is 4.98 Å². The Morgan fingerprint density at radius 3 is 2.77 bits per heavy atom. The van der Waals surface area contributed by atoms with Crippen LogP contribution in [0, 0.1) is 18.8 Å². The number of hydrogen-bond acceptors (Lipinski definition) is 6. The SMILES string of the molecule is Cc1noc(COCC(=O)NC2C3CCCC2CC(N)C3)n1. The van der Waals surface area contributed by atoms with Gasteiger partial charge < -0.3 is 20.3 Å². The van der Waals surface area contributed by atoms with Gasteiger partial charge in [-0.3, -0.25) is 4.79 Å². The minimum atomic E-state index is -0.0754. The van der Waals surface area contributed by atoms with Crippen molar-refractivity contribution < 1.29 is 14.1 Å². The fraction of sp³-hybridized carbons (Fsp3) is 0.800. The molecule has 2 unspecified atom stereocenters. The van der Waals surface area contributed by atoms with Crippen molar-refractivity contribution >= 4 is 5.91 Å². The summed E-state index contributed by atoms with van der Waals surface area (Å²) in [4.78, 5) is 16.1. The molecule has 2 atom stereocenters. The van der Waals surface area contributed by atoms with Crippen molar-refractivity contribution in [3.8, 4) is 0 Å². The van der Waals surface area contributed by atoms with Crippen molar-refractivity contribution in [1.29, 1.82) is 0 Å². The summed E-state index contributed by atoms with van der Waals surface area (Å²) in [5.41, 5.74) is 6.10. The van der Waals surface area contributed by atoms with Crippen molar-refractivity contribution in [2.24, 2.45) is 17.6 Å². The van der Waals surface area contributed by atoms with E-state index in [-0.39, 0.29) is 25.2 Å². The monoisotopic (exact) mass is 308 g/mol. The summed E-state index contributed by atoms with van der Waals surface area (Å²) in [6.45, 7) is 1.92. The van der Waals surface area contributed by atoms with Gasteiger partial charge in [-0.1, -0.05) is 11.6 Å². The number of carbonyl (C=O) groups excluding carboxylic acids is 1. The van der Waals surface area contributed by atoms with Gasteiger partial charge in [0.05, 0.1) is 0 Å². The second-order valence-corrected chi connectivity index (χ2v) is 6.50. The zero-order valence-electron chi connectivity index (χ0n) is 13.0. The highest BCUT2D eigenvalue weighted by Crippen LogP contribution is 2.39. The Morgan fingerprint density at radius 1 is 1.41 bits per heavy atom. The Hall–Kier alpha value is -1.47. The number of ether oxygens (including phenoxy) is 1. The van der Waals surface area contributed by atoms with Crippen LogP contribution in [0.3, 0.4) is 0 Å². The average Bonchev–Trinajstić information content (AvgIpc) is 2.85. The van der Waals surface area contributed by atoms with E-state index in [2.05, 4.69) is 15.5 Å². The highest BCUT2D eigenvalue weighted by molar-refractivity contribution is 5.77. The number of nitrogens with one attached hydrogen (secondary N) is 1. The molecule has 2 aliphatic carbocycles. The molecular formula is C15H24N4O3. The molecule has 3 N–H and O–H groups in total. The number of nitrogens with zero attached hydrogens (tertiary/aromatic N) is 2. The Kier molecular flexibility index (Phi) is 4.73. The van der Waals surface area contributed by atoms with Crippen molar-refractivity contribution in [3.05, 3.63) is 11.7 Å². The standard InChI is InChI=1S/C15H24N4O3/c1-9-17-14(22-19-9)8-21-7-13(20)18-15-10-3-2-4-11(15)6-12(16)5-10/h10-12,15H,2-8,16H2,1H3,(H,18,20). The third-order valence-electron chi connectivity index (χ3n) is 4.73. The van der Waals surface area contributed by atoms with E-state index in [1.54, 1.807) is 6.92 Å². The van der Waals surface area contributed by atoms with Crippen molar-refractivity contribution in [2.75, 3.05) is 6.61 Å². The van der Waals surface area contributed by atoms with Crippen LogP contribution >= 0.6 is 0 Å². The van der Waals surface area contributed by atoms with Crippen LogP contribution in [0.15, 0.2) is 4.52 Å². The van der Waals surface area contributed by atoms with Crippen LogP contribution in [-0.2, 0) is 16.1 Å². The van der Waals surface area contributed by atoms with E-state index >= 15 is 0 Å². The van der Waals surface area contributed by atoms with Crippen LogP contribution < -0.4 is 11.1 Å². The summed E-state index contributed by atoms with van der Waals surface area (Å²) in [6.07, 6.45) is 5.61. The van der Waals surface area contributed by atoms with E-state index in [9.17, 15) is 4.79 Å². The second-order valence-electron chi connectivity index (χ2n) is 6.50. The Labute approximate surface area is 130 Å². The molecule has 7 heteroatoms. The Bertz CT molecular complexity index is 505. The van der Waals surface area contributed by atoms with E-state index in [1.807, 2.05) is 0 Å². The van der Waals surface area contributed by atoms with Crippen LogP contribution in [0.25, 0.3) is 0 Å². The van der Waals surface area contributed by atoms with E-state index in [1.165, 1.54) is 6.42 Å². The normalized spacial score (nSPS) is 31.0. The lowest BCUT2D eigenvalue weighted by molar-refractivity contribution is -0.128. The maximum atomic E-state index is 12.1. The summed E-state index contributed by atoms with van der Waals surface area (Å²) in [7, 11) is 0. The highest BCUT2D eigenvalue weighted by atomic mass is 16.5. The second kappa shape index (κ2) is 6.75. The molecule has 0 spiro atoms. The minimum absolute atomic E-state index is 0.0173. The van der Waals surface area contributed by atoms with Gasteiger partial charge in [-0.25, -0.2) is 0 Å². The lowest BCUT2D eigenvalue weighted by atomic mass is 9.67. The largest absolute Gasteiger partial charge is 0.362 e. The topological polar surface area (TPSA) is 103 Å². The molecule has 1 heterocycles. The molecule has 1 aromatic rings. The highest BCUT2D eigenvalue weighted by Gasteiger charge is 2.39. The number of hydrogen-bond donors (Lipinski definition) is 2. The van der Waals surface area contributed by atoms with Gasteiger partial charge in [0, 0.05) is 12.1 Å². The van der Waals surface area contributed by atoms with Gasteiger partial charge in [-0.15, -0.1) is 0 Å². The van der Waals surface area contributed by atoms with Crippen LogP contribution in [0.1, 0.15) is 43.8 Å². The molecule has 3 rings (SSSR count). The molecule has 1 amide bonds. The van der Waals surface area contributed by atoms with Gasteiger partial charge in [-0.05, 0) is 44.4 Å².